The number of anilines is 1. The maximum Gasteiger partial charge on any atom is 0.416 e. The number of halogens is 3. The Balaban J connectivity index is 1.69. The number of hydrogen-bond donors (Lipinski definition) is 1. The van der Waals surface area contributed by atoms with Gasteiger partial charge in [-0.25, -0.2) is 4.98 Å². The molecule has 1 fully saturated rings. The van der Waals surface area contributed by atoms with Crippen molar-refractivity contribution in [3.8, 4) is 11.3 Å². The molecular formula is C21H18F3N5. The molecule has 0 atom stereocenters. The Morgan fingerprint density at radius 2 is 1.79 bits per heavy atom. The summed E-state index contributed by atoms with van der Waals surface area (Å²) < 4.78 is 41.1. The molecule has 5 nitrogen and oxygen atoms in total. The molecule has 0 unspecified atom stereocenters. The van der Waals surface area contributed by atoms with Crippen molar-refractivity contribution in [2.45, 2.75) is 37.9 Å². The normalized spacial score (nSPS) is 15.4. The van der Waals surface area contributed by atoms with Gasteiger partial charge in [0.2, 0.25) is 0 Å². The molecule has 29 heavy (non-hydrogen) atoms. The quantitative estimate of drug-likeness (QED) is 0.509. The minimum Gasteiger partial charge on any atom is -0.367 e. The molecule has 5 rings (SSSR count). The number of alkyl halides is 3. The summed E-state index contributed by atoms with van der Waals surface area (Å²) in [6.07, 6.45) is 0.107. The Bertz CT molecular complexity index is 1190. The highest BCUT2D eigenvalue weighted by Gasteiger charge is 2.31. The number of nitrogens with one attached hydrogen (secondary N) is 1. The second-order valence-corrected chi connectivity index (χ2v) is 7.36. The smallest absolute Gasteiger partial charge is 0.367 e. The number of aromatic nitrogens is 4. The predicted molar refractivity (Wildman–Crippen MR) is 105 cm³/mol. The molecule has 8 heteroatoms. The third-order valence-electron chi connectivity index (χ3n) is 5.41. The van der Waals surface area contributed by atoms with Gasteiger partial charge < -0.3 is 5.32 Å². The highest BCUT2D eigenvalue weighted by molar-refractivity contribution is 5.93. The van der Waals surface area contributed by atoms with Crippen LogP contribution in [0.5, 0.6) is 0 Å². The van der Waals surface area contributed by atoms with Crippen LogP contribution < -0.4 is 5.32 Å². The molecule has 2 aromatic heterocycles. The second kappa shape index (κ2) is 6.72. The van der Waals surface area contributed by atoms with Crippen molar-refractivity contribution >= 4 is 22.4 Å². The number of nitrogens with zero attached hydrogens (tertiary/aromatic N) is 4. The monoisotopic (exact) mass is 397 g/mol. The third-order valence-corrected chi connectivity index (χ3v) is 5.41. The third kappa shape index (κ3) is 3.18. The van der Waals surface area contributed by atoms with E-state index in [0.29, 0.717) is 22.9 Å². The summed E-state index contributed by atoms with van der Waals surface area (Å²) in [6.45, 7) is 0. The van der Waals surface area contributed by atoms with Crippen molar-refractivity contribution in [3.63, 3.8) is 0 Å². The minimum atomic E-state index is -4.42. The van der Waals surface area contributed by atoms with Gasteiger partial charge in [0.15, 0.2) is 5.65 Å². The van der Waals surface area contributed by atoms with Crippen LogP contribution in [0.15, 0.2) is 48.5 Å². The predicted octanol–water partition coefficient (Wildman–Crippen LogP) is 5.32. The Morgan fingerprint density at radius 1 is 1.00 bits per heavy atom. The van der Waals surface area contributed by atoms with E-state index in [-0.39, 0.29) is 0 Å². The first-order valence-corrected chi connectivity index (χ1v) is 9.59. The van der Waals surface area contributed by atoms with E-state index in [1.165, 1.54) is 18.9 Å². The number of rotatable bonds is 3. The van der Waals surface area contributed by atoms with Crippen LogP contribution in [0, 0.1) is 0 Å². The molecule has 148 valence electrons. The Labute approximate surface area is 164 Å². The maximum absolute atomic E-state index is 13.2. The molecule has 0 radical (unpaired) electrons. The van der Waals surface area contributed by atoms with Crippen molar-refractivity contribution in [1.82, 2.24) is 19.8 Å². The molecule has 1 N–H and O–H groups in total. The largest absolute Gasteiger partial charge is 0.416 e. The fourth-order valence-electron chi connectivity index (χ4n) is 3.97. The Hall–Kier alpha value is -3.16. The Kier molecular flexibility index (Phi) is 4.15. The van der Waals surface area contributed by atoms with E-state index in [1.54, 1.807) is 10.6 Å². The van der Waals surface area contributed by atoms with Crippen LogP contribution in [-0.4, -0.2) is 25.9 Å². The first kappa shape index (κ1) is 17.9. The topological polar surface area (TPSA) is 55.1 Å². The lowest BCUT2D eigenvalue weighted by atomic mass is 10.1. The number of para-hydroxylation sites is 1. The van der Waals surface area contributed by atoms with Gasteiger partial charge in [0, 0.05) is 17.0 Å². The first-order valence-electron chi connectivity index (χ1n) is 9.59. The van der Waals surface area contributed by atoms with Gasteiger partial charge in [0.25, 0.3) is 0 Å². The van der Waals surface area contributed by atoms with E-state index in [9.17, 15) is 13.2 Å². The van der Waals surface area contributed by atoms with Crippen LogP contribution in [0.4, 0.5) is 19.0 Å². The zero-order valence-electron chi connectivity index (χ0n) is 15.4. The summed E-state index contributed by atoms with van der Waals surface area (Å²) in [6, 6.07) is 13.2. The molecule has 0 spiro atoms. The van der Waals surface area contributed by atoms with Crippen LogP contribution in [-0.2, 0) is 6.18 Å². The van der Waals surface area contributed by atoms with Gasteiger partial charge in [-0.15, -0.1) is 5.10 Å². The van der Waals surface area contributed by atoms with E-state index < -0.39 is 11.7 Å². The van der Waals surface area contributed by atoms with E-state index in [1.807, 2.05) is 24.3 Å². The molecule has 0 amide bonds. The van der Waals surface area contributed by atoms with Gasteiger partial charge in [-0.05, 0) is 37.1 Å². The van der Waals surface area contributed by atoms with Crippen LogP contribution in [0.25, 0.3) is 27.8 Å². The maximum atomic E-state index is 13.2. The lowest BCUT2D eigenvalue weighted by Crippen LogP contribution is -2.16. The van der Waals surface area contributed by atoms with Crippen LogP contribution in [0.2, 0.25) is 0 Å². The summed E-state index contributed by atoms with van der Waals surface area (Å²) >= 11 is 0. The molecule has 0 saturated heterocycles. The van der Waals surface area contributed by atoms with Crippen molar-refractivity contribution in [3.05, 3.63) is 54.1 Å². The molecular weight excluding hydrogens is 379 g/mol. The van der Waals surface area contributed by atoms with Crippen LogP contribution >= 0.6 is 0 Å². The zero-order chi connectivity index (χ0) is 20.0. The fourth-order valence-corrected chi connectivity index (χ4v) is 3.97. The summed E-state index contributed by atoms with van der Waals surface area (Å²) in [5, 5.41) is 12.8. The molecule has 1 aliphatic carbocycles. The van der Waals surface area contributed by atoms with E-state index in [0.717, 1.165) is 41.7 Å². The number of benzene rings is 2. The highest BCUT2D eigenvalue weighted by atomic mass is 19.4. The highest BCUT2D eigenvalue weighted by Crippen LogP contribution is 2.34. The van der Waals surface area contributed by atoms with Gasteiger partial charge >= 0.3 is 6.18 Å². The van der Waals surface area contributed by atoms with Crippen molar-refractivity contribution in [2.75, 3.05) is 5.32 Å². The fraction of sp³-hybridized carbons (Fsp3) is 0.286. The molecule has 2 aromatic carbocycles. The first-order chi connectivity index (χ1) is 14.0. The number of fused-ring (bicyclic) bond motifs is 3. The second-order valence-electron chi connectivity index (χ2n) is 7.36. The van der Waals surface area contributed by atoms with Crippen molar-refractivity contribution in [1.29, 1.82) is 0 Å². The standard InChI is InChI=1S/C21H18F3N5/c22-21(23,24)14-7-5-6-13(12-14)18-20-26-19(25-15-8-1-2-9-15)16-10-3-4-11-17(16)29(20)28-27-18/h3-7,10-12,15H,1-2,8-9H2,(H,25,26). The van der Waals surface area contributed by atoms with Gasteiger partial charge in [-0.1, -0.05) is 42.3 Å². The summed E-state index contributed by atoms with van der Waals surface area (Å²) in [4.78, 5) is 4.74. The van der Waals surface area contributed by atoms with E-state index in [2.05, 4.69) is 15.6 Å². The average molecular weight is 397 g/mol. The summed E-state index contributed by atoms with van der Waals surface area (Å²) in [5.41, 5.74) is 1.19. The summed E-state index contributed by atoms with van der Waals surface area (Å²) in [5.74, 6) is 0.718. The Morgan fingerprint density at radius 3 is 2.59 bits per heavy atom. The summed E-state index contributed by atoms with van der Waals surface area (Å²) in [7, 11) is 0. The van der Waals surface area contributed by atoms with Crippen LogP contribution in [0.1, 0.15) is 31.2 Å². The van der Waals surface area contributed by atoms with Gasteiger partial charge in [-0.3, -0.25) is 0 Å². The number of hydrogen-bond acceptors (Lipinski definition) is 4. The van der Waals surface area contributed by atoms with Gasteiger partial charge in [0.1, 0.15) is 11.5 Å². The average Bonchev–Trinajstić information content (AvgIpc) is 3.37. The lowest BCUT2D eigenvalue weighted by molar-refractivity contribution is -0.137. The van der Waals surface area contributed by atoms with Crippen molar-refractivity contribution < 1.29 is 13.2 Å². The van der Waals surface area contributed by atoms with Gasteiger partial charge in [0.05, 0.1) is 11.1 Å². The molecule has 0 bridgehead atoms. The SMILES string of the molecule is FC(F)(F)c1cccc(-c2nnn3c2nc(NC2CCCC2)c2ccccc23)c1. The molecule has 2 heterocycles. The zero-order valence-corrected chi connectivity index (χ0v) is 15.4. The van der Waals surface area contributed by atoms with Crippen LogP contribution in [0.3, 0.4) is 0 Å². The lowest BCUT2D eigenvalue weighted by Gasteiger charge is -2.15. The molecule has 1 aliphatic rings. The molecule has 4 aromatic rings. The van der Waals surface area contributed by atoms with Crippen molar-refractivity contribution in [2.24, 2.45) is 0 Å². The minimum absolute atomic E-state index is 0.330. The molecule has 1 saturated carbocycles. The van der Waals surface area contributed by atoms with E-state index in [4.69, 9.17) is 4.98 Å². The van der Waals surface area contributed by atoms with E-state index >= 15 is 0 Å². The van der Waals surface area contributed by atoms with Gasteiger partial charge in [-0.2, -0.15) is 17.7 Å². The molecule has 0 aliphatic heterocycles.